The van der Waals surface area contributed by atoms with E-state index in [2.05, 4.69) is 24.5 Å². The van der Waals surface area contributed by atoms with Gasteiger partial charge in [0.2, 0.25) is 0 Å². The molecule has 13 nitrogen and oxygen atoms in total. The quantitative estimate of drug-likeness (QED) is 0.205. The number of imidazole rings is 1. The summed E-state index contributed by atoms with van der Waals surface area (Å²) in [5, 5.41) is 26.2. The van der Waals surface area contributed by atoms with E-state index in [1.807, 2.05) is 0 Å². The van der Waals surface area contributed by atoms with E-state index in [9.17, 15) is 9.36 Å². The zero-order valence-corrected chi connectivity index (χ0v) is 12.9. The second kappa shape index (κ2) is 8.75. The first-order valence-electron chi connectivity index (χ1n) is 6.25. The first-order valence-corrected chi connectivity index (χ1v) is 7.78. The maximum absolute atomic E-state index is 10.3. The van der Waals surface area contributed by atoms with Crippen LogP contribution in [-0.2, 0) is 13.9 Å². The molecule has 0 aliphatic rings. The molecule has 0 saturated heterocycles. The fourth-order valence-corrected chi connectivity index (χ4v) is 1.93. The number of anilines is 1. The van der Waals surface area contributed by atoms with E-state index < -0.39 is 32.7 Å². The number of aliphatic hydroxyl groups excluding tert-OH is 3. The molecule has 0 bridgehead atoms. The van der Waals surface area contributed by atoms with Crippen LogP contribution in [0, 0.1) is 0 Å². The van der Waals surface area contributed by atoms with Crippen molar-refractivity contribution in [3.05, 3.63) is 12.7 Å². The Hall–Kier alpha value is -1.99. The van der Waals surface area contributed by atoms with Crippen molar-refractivity contribution in [2.45, 2.75) is 18.3 Å². The number of aromatic amines is 1. The fourth-order valence-electron chi connectivity index (χ4n) is 1.44. The van der Waals surface area contributed by atoms with Crippen LogP contribution in [0.5, 0.6) is 0 Å². The fraction of sp³-hybridized carbons (Fsp3) is 0.400. The summed E-state index contributed by atoms with van der Waals surface area (Å²) in [6.45, 7) is -0.865. The van der Waals surface area contributed by atoms with Gasteiger partial charge in [-0.05, 0) is 0 Å². The monoisotopic (exact) mass is 365 g/mol. The molecule has 0 fully saturated rings. The van der Waals surface area contributed by atoms with Gasteiger partial charge >= 0.3 is 7.82 Å². The number of aliphatic hydroxyl groups is 3. The second-order valence-corrected chi connectivity index (χ2v) is 5.49. The van der Waals surface area contributed by atoms with Crippen LogP contribution in [0.3, 0.4) is 0 Å². The number of H-pyrrole nitrogens is 1. The van der Waals surface area contributed by atoms with Crippen molar-refractivity contribution in [3.8, 4) is 0 Å². The highest BCUT2D eigenvalue weighted by molar-refractivity contribution is 7.46. The Balaban J connectivity index is 0.000000250. The van der Waals surface area contributed by atoms with Crippen molar-refractivity contribution >= 4 is 31.1 Å². The van der Waals surface area contributed by atoms with Crippen molar-refractivity contribution in [3.63, 3.8) is 0 Å². The lowest BCUT2D eigenvalue weighted by atomic mass is 10.1. The van der Waals surface area contributed by atoms with Crippen LogP contribution in [0.1, 0.15) is 0 Å². The van der Waals surface area contributed by atoms with Crippen LogP contribution in [-0.4, -0.2) is 76.2 Å². The third-order valence-corrected chi connectivity index (χ3v) is 3.07. The van der Waals surface area contributed by atoms with Crippen molar-refractivity contribution in [1.82, 2.24) is 19.9 Å². The van der Waals surface area contributed by atoms with Crippen molar-refractivity contribution in [2.75, 3.05) is 12.3 Å². The highest BCUT2D eigenvalue weighted by Gasteiger charge is 2.32. The van der Waals surface area contributed by atoms with Crippen LogP contribution in [0.4, 0.5) is 5.82 Å². The van der Waals surface area contributed by atoms with Gasteiger partial charge in [0.25, 0.3) is 0 Å². The molecule has 0 radical (unpaired) electrons. The van der Waals surface area contributed by atoms with Crippen LogP contribution >= 0.6 is 7.82 Å². The highest BCUT2D eigenvalue weighted by Crippen LogP contribution is 2.38. The number of nitrogen functional groups attached to an aromatic ring is 1. The molecule has 24 heavy (non-hydrogen) atoms. The SMILES string of the molecule is Nc1ncnc2[nH]cnc12.O=C[C@H](OP(=O)(O)O)[C@H](O)[C@H](O)CO. The molecule has 2 heterocycles. The van der Waals surface area contributed by atoms with E-state index in [0.29, 0.717) is 17.0 Å². The Labute approximate surface area is 134 Å². The summed E-state index contributed by atoms with van der Waals surface area (Å²) in [6.07, 6.45) is -2.64. The number of hydrogen-bond donors (Lipinski definition) is 7. The molecular formula is C10H16N5O8P. The molecule has 14 heteroatoms. The van der Waals surface area contributed by atoms with Gasteiger partial charge in [0.05, 0.1) is 12.9 Å². The number of hydrogen-bond acceptors (Lipinski definition) is 10. The van der Waals surface area contributed by atoms with Gasteiger partial charge in [-0.1, -0.05) is 0 Å². The summed E-state index contributed by atoms with van der Waals surface area (Å²) in [6, 6.07) is 0. The molecule has 0 saturated carbocycles. The zero-order valence-electron chi connectivity index (χ0n) is 12.0. The highest BCUT2D eigenvalue weighted by atomic mass is 31.2. The van der Waals surface area contributed by atoms with Gasteiger partial charge in [0.1, 0.15) is 24.1 Å². The molecule has 134 valence electrons. The molecule has 0 unspecified atom stereocenters. The second-order valence-electron chi connectivity index (χ2n) is 4.30. The molecule has 0 aromatic carbocycles. The minimum Gasteiger partial charge on any atom is -0.394 e. The first kappa shape index (κ1) is 20.1. The lowest BCUT2D eigenvalue weighted by Gasteiger charge is -2.21. The Bertz CT molecular complexity index is 705. The molecule has 3 atom stereocenters. The summed E-state index contributed by atoms with van der Waals surface area (Å²) in [5.74, 6) is 0.409. The molecular weight excluding hydrogens is 349 g/mol. The molecule has 0 aliphatic carbocycles. The average Bonchev–Trinajstić information content (AvgIpc) is 3.01. The van der Waals surface area contributed by atoms with E-state index in [1.165, 1.54) is 12.7 Å². The van der Waals surface area contributed by atoms with Gasteiger partial charge in [-0.15, -0.1) is 0 Å². The lowest BCUT2D eigenvalue weighted by Crippen LogP contribution is -2.41. The number of aromatic nitrogens is 4. The third kappa shape index (κ3) is 5.90. The van der Waals surface area contributed by atoms with E-state index in [0.717, 1.165) is 0 Å². The topological polar surface area (TPSA) is 225 Å². The van der Waals surface area contributed by atoms with E-state index in [-0.39, 0.29) is 6.29 Å². The van der Waals surface area contributed by atoms with E-state index >= 15 is 0 Å². The molecule has 0 aliphatic heterocycles. The number of carbonyl (C=O) groups excluding carboxylic acids is 1. The molecule has 8 N–H and O–H groups in total. The van der Waals surface area contributed by atoms with Crippen molar-refractivity contribution in [1.29, 1.82) is 0 Å². The average molecular weight is 365 g/mol. The van der Waals surface area contributed by atoms with Gasteiger partial charge in [0, 0.05) is 0 Å². The largest absolute Gasteiger partial charge is 0.470 e. The van der Waals surface area contributed by atoms with Crippen LogP contribution in [0.25, 0.3) is 11.2 Å². The predicted molar refractivity (Wildman–Crippen MR) is 78.2 cm³/mol. The first-order chi connectivity index (χ1) is 11.2. The van der Waals surface area contributed by atoms with Gasteiger partial charge < -0.3 is 40.6 Å². The third-order valence-electron chi connectivity index (χ3n) is 2.56. The Morgan fingerprint density at radius 1 is 1.33 bits per heavy atom. The molecule has 2 aromatic rings. The number of fused-ring (bicyclic) bond motifs is 1. The molecule has 2 rings (SSSR count). The lowest BCUT2D eigenvalue weighted by molar-refractivity contribution is -0.126. The van der Waals surface area contributed by atoms with E-state index in [1.54, 1.807) is 0 Å². The molecule has 2 aromatic heterocycles. The Morgan fingerprint density at radius 2 is 2.00 bits per heavy atom. The van der Waals surface area contributed by atoms with Crippen LogP contribution < -0.4 is 5.73 Å². The Kier molecular flexibility index (Phi) is 7.31. The standard InChI is InChI=1S/C5H5N5.C5H11O8P/c6-4-3-5(9-1-7-3)10-2-8-4;6-1-3(8)5(9)4(2-7)13-14(10,11)12/h1-2H,(H3,6,7,8,9,10);2-6,8-9H,1H2,(H2,10,11,12)/t;3-,4+,5-/m.1/s1. The van der Waals surface area contributed by atoms with Crippen LogP contribution in [0.2, 0.25) is 0 Å². The Morgan fingerprint density at radius 3 is 2.50 bits per heavy atom. The summed E-state index contributed by atoms with van der Waals surface area (Å²) >= 11 is 0. The summed E-state index contributed by atoms with van der Waals surface area (Å²) in [5.41, 5.74) is 6.77. The smallest absolute Gasteiger partial charge is 0.394 e. The number of carbonyl (C=O) groups is 1. The predicted octanol–water partition coefficient (Wildman–Crippen LogP) is -2.69. The number of nitrogens with zero attached hydrogens (tertiary/aromatic N) is 3. The van der Waals surface area contributed by atoms with Crippen molar-refractivity contribution in [2.24, 2.45) is 0 Å². The number of aldehydes is 1. The van der Waals surface area contributed by atoms with Crippen molar-refractivity contribution < 1.29 is 39.0 Å². The number of phosphoric acid groups is 1. The maximum atomic E-state index is 10.3. The minimum absolute atomic E-state index is 0.0807. The summed E-state index contributed by atoms with van der Waals surface area (Å²) in [7, 11) is -4.93. The molecule has 0 spiro atoms. The van der Waals surface area contributed by atoms with Gasteiger partial charge in [-0.25, -0.2) is 19.5 Å². The maximum Gasteiger partial charge on any atom is 0.470 e. The number of nitrogens with two attached hydrogens (primary N) is 1. The van der Waals surface area contributed by atoms with Crippen LogP contribution in [0.15, 0.2) is 12.7 Å². The summed E-state index contributed by atoms with van der Waals surface area (Å²) in [4.78, 5) is 41.2. The number of nitrogens with one attached hydrogen (secondary N) is 1. The van der Waals surface area contributed by atoms with Gasteiger partial charge in [-0.3, -0.25) is 4.52 Å². The molecule has 0 amide bonds. The number of phosphoric ester groups is 1. The van der Waals surface area contributed by atoms with E-state index in [4.69, 9.17) is 30.8 Å². The van der Waals surface area contributed by atoms with Gasteiger partial charge in [0.15, 0.2) is 23.9 Å². The normalized spacial score (nSPS) is 15.2. The van der Waals surface area contributed by atoms with Gasteiger partial charge in [-0.2, -0.15) is 0 Å². The summed E-state index contributed by atoms with van der Waals surface area (Å²) < 4.78 is 14.1. The minimum atomic E-state index is -4.93. The zero-order chi connectivity index (χ0) is 18.3. The number of rotatable bonds is 6.